The van der Waals surface area contributed by atoms with E-state index in [1.807, 2.05) is 0 Å². The maximum absolute atomic E-state index is 12.9. The first-order valence-electron chi connectivity index (χ1n) is 8.12. The Morgan fingerprint density at radius 2 is 1.92 bits per heavy atom. The molecule has 0 saturated carbocycles. The summed E-state index contributed by atoms with van der Waals surface area (Å²) in [6.07, 6.45) is -3.98. The van der Waals surface area contributed by atoms with Crippen molar-refractivity contribution < 1.29 is 27.5 Å². The van der Waals surface area contributed by atoms with Crippen LogP contribution < -0.4 is 5.32 Å². The van der Waals surface area contributed by atoms with Crippen LogP contribution in [0.5, 0.6) is 0 Å². The van der Waals surface area contributed by atoms with Crippen LogP contribution in [0.25, 0.3) is 0 Å². The SMILES string of the molecule is CCOC(=O)N1CCC(C(=O)Nc2ccc(C)c(C(F)(F)F)c2)CC1. The summed E-state index contributed by atoms with van der Waals surface area (Å²) in [5.41, 5.74) is -0.536. The maximum atomic E-state index is 12.9. The summed E-state index contributed by atoms with van der Waals surface area (Å²) < 4.78 is 43.7. The zero-order valence-corrected chi connectivity index (χ0v) is 14.2. The van der Waals surface area contributed by atoms with Crippen molar-refractivity contribution in [3.8, 4) is 0 Å². The first-order chi connectivity index (χ1) is 11.7. The Morgan fingerprint density at radius 1 is 1.28 bits per heavy atom. The fraction of sp³-hybridized carbons (Fsp3) is 0.529. The molecule has 5 nitrogen and oxygen atoms in total. The topological polar surface area (TPSA) is 58.6 Å². The van der Waals surface area contributed by atoms with Gasteiger partial charge in [-0.2, -0.15) is 13.2 Å². The molecule has 1 aromatic rings. The normalized spacial score (nSPS) is 15.8. The summed E-state index contributed by atoms with van der Waals surface area (Å²) in [6, 6.07) is 3.74. The van der Waals surface area contributed by atoms with E-state index >= 15 is 0 Å². The lowest BCUT2D eigenvalue weighted by Crippen LogP contribution is -2.41. The van der Waals surface area contributed by atoms with Gasteiger partial charge in [0.1, 0.15) is 0 Å². The van der Waals surface area contributed by atoms with E-state index in [9.17, 15) is 22.8 Å². The van der Waals surface area contributed by atoms with Crippen molar-refractivity contribution in [3.05, 3.63) is 29.3 Å². The number of nitrogens with zero attached hydrogens (tertiary/aromatic N) is 1. The Morgan fingerprint density at radius 3 is 2.48 bits per heavy atom. The molecule has 1 aromatic carbocycles. The summed E-state index contributed by atoms with van der Waals surface area (Å²) in [5, 5.41) is 2.55. The second-order valence-corrected chi connectivity index (χ2v) is 5.98. The summed E-state index contributed by atoms with van der Waals surface area (Å²) in [4.78, 5) is 25.4. The van der Waals surface area contributed by atoms with Crippen molar-refractivity contribution in [2.24, 2.45) is 5.92 Å². The third-order valence-corrected chi connectivity index (χ3v) is 4.20. The van der Waals surface area contributed by atoms with Gasteiger partial charge < -0.3 is 15.0 Å². The number of hydrogen-bond acceptors (Lipinski definition) is 3. The largest absolute Gasteiger partial charge is 0.450 e. The molecule has 1 fully saturated rings. The van der Waals surface area contributed by atoms with Crippen molar-refractivity contribution >= 4 is 17.7 Å². The minimum Gasteiger partial charge on any atom is -0.450 e. The minimum atomic E-state index is -4.46. The van der Waals surface area contributed by atoms with Crippen LogP contribution in [0.3, 0.4) is 0 Å². The van der Waals surface area contributed by atoms with E-state index in [1.54, 1.807) is 6.92 Å². The van der Waals surface area contributed by atoms with E-state index in [4.69, 9.17) is 4.74 Å². The molecule has 0 unspecified atom stereocenters. The van der Waals surface area contributed by atoms with Gasteiger partial charge in [-0.05, 0) is 44.4 Å². The summed E-state index contributed by atoms with van der Waals surface area (Å²) in [7, 11) is 0. The molecule has 2 amide bonds. The molecular weight excluding hydrogens is 337 g/mol. The van der Waals surface area contributed by atoms with Crippen molar-refractivity contribution in [3.63, 3.8) is 0 Å². The molecular formula is C17H21F3N2O3. The third kappa shape index (κ3) is 4.87. The third-order valence-electron chi connectivity index (χ3n) is 4.20. The molecule has 138 valence electrons. The highest BCUT2D eigenvalue weighted by atomic mass is 19.4. The van der Waals surface area contributed by atoms with E-state index in [0.29, 0.717) is 25.9 Å². The molecule has 1 heterocycles. The van der Waals surface area contributed by atoms with Crippen LogP contribution in [0.1, 0.15) is 30.9 Å². The number of nitrogens with one attached hydrogen (secondary N) is 1. The number of alkyl halides is 3. The van der Waals surface area contributed by atoms with Gasteiger partial charge >= 0.3 is 12.3 Å². The fourth-order valence-corrected chi connectivity index (χ4v) is 2.79. The number of anilines is 1. The smallest absolute Gasteiger partial charge is 0.416 e. The number of amides is 2. The number of aryl methyl sites for hydroxylation is 1. The lowest BCUT2D eigenvalue weighted by Gasteiger charge is -2.30. The molecule has 1 N–H and O–H groups in total. The van der Waals surface area contributed by atoms with Gasteiger partial charge in [-0.1, -0.05) is 6.07 Å². The number of halogens is 3. The number of rotatable bonds is 3. The number of ether oxygens (including phenoxy) is 1. The number of piperidine rings is 1. The lowest BCUT2D eigenvalue weighted by atomic mass is 9.96. The van der Waals surface area contributed by atoms with E-state index in [0.717, 1.165) is 6.07 Å². The Balaban J connectivity index is 1.96. The van der Waals surface area contributed by atoms with Crippen LogP contribution >= 0.6 is 0 Å². The molecule has 1 aliphatic heterocycles. The quantitative estimate of drug-likeness (QED) is 0.894. The molecule has 1 aliphatic rings. The van der Waals surface area contributed by atoms with Crippen molar-refractivity contribution in [2.45, 2.75) is 32.9 Å². The molecule has 8 heteroatoms. The predicted molar refractivity (Wildman–Crippen MR) is 86.1 cm³/mol. The standard InChI is InChI=1S/C17H21F3N2O3/c1-3-25-16(24)22-8-6-12(7-9-22)15(23)21-13-5-4-11(2)14(10-13)17(18,19)20/h4-5,10,12H,3,6-9H2,1-2H3,(H,21,23). The molecule has 0 bridgehead atoms. The Bertz CT molecular complexity index is 639. The van der Waals surface area contributed by atoms with Gasteiger partial charge in [-0.15, -0.1) is 0 Å². The second-order valence-electron chi connectivity index (χ2n) is 5.98. The molecule has 0 aliphatic carbocycles. The van der Waals surface area contributed by atoms with Gasteiger partial charge in [-0.3, -0.25) is 4.79 Å². The van der Waals surface area contributed by atoms with E-state index < -0.39 is 17.8 Å². The summed E-state index contributed by atoms with van der Waals surface area (Å²) in [5.74, 6) is -0.679. The maximum Gasteiger partial charge on any atom is 0.416 e. The fourth-order valence-electron chi connectivity index (χ4n) is 2.79. The van der Waals surface area contributed by atoms with Crippen LogP contribution in [0.15, 0.2) is 18.2 Å². The second kappa shape index (κ2) is 7.76. The van der Waals surface area contributed by atoms with Gasteiger partial charge in [0.05, 0.1) is 12.2 Å². The first-order valence-corrected chi connectivity index (χ1v) is 8.12. The molecule has 0 radical (unpaired) electrons. The van der Waals surface area contributed by atoms with Gasteiger partial charge in [-0.25, -0.2) is 4.79 Å². The molecule has 1 saturated heterocycles. The molecule has 0 atom stereocenters. The molecule has 0 aromatic heterocycles. The predicted octanol–water partition coefficient (Wildman–Crippen LogP) is 3.82. The monoisotopic (exact) mass is 358 g/mol. The number of benzene rings is 1. The van der Waals surface area contributed by atoms with Crippen LogP contribution in [0.2, 0.25) is 0 Å². The van der Waals surface area contributed by atoms with E-state index in [2.05, 4.69) is 5.32 Å². The Kier molecular flexibility index (Phi) is 5.92. The number of hydrogen-bond donors (Lipinski definition) is 1. The van der Waals surface area contributed by atoms with Crippen LogP contribution in [-0.2, 0) is 15.7 Å². The first kappa shape index (κ1) is 19.1. The summed E-state index contributed by atoms with van der Waals surface area (Å²) in [6.45, 7) is 4.15. The summed E-state index contributed by atoms with van der Waals surface area (Å²) >= 11 is 0. The Hall–Kier alpha value is -2.25. The minimum absolute atomic E-state index is 0.105. The van der Waals surface area contributed by atoms with Gasteiger partial charge in [0.25, 0.3) is 0 Å². The Labute approximate surface area is 144 Å². The average Bonchev–Trinajstić information content (AvgIpc) is 2.56. The van der Waals surface area contributed by atoms with Gasteiger partial charge in [0, 0.05) is 24.7 Å². The van der Waals surface area contributed by atoms with Crippen molar-refractivity contribution in [1.82, 2.24) is 4.90 Å². The number of carbonyl (C=O) groups excluding carboxylic acids is 2. The van der Waals surface area contributed by atoms with Crippen molar-refractivity contribution in [1.29, 1.82) is 0 Å². The van der Waals surface area contributed by atoms with E-state index in [-0.39, 0.29) is 29.7 Å². The number of likely N-dealkylation sites (tertiary alicyclic amines) is 1. The van der Waals surface area contributed by atoms with Crippen LogP contribution in [-0.4, -0.2) is 36.6 Å². The lowest BCUT2D eigenvalue weighted by molar-refractivity contribution is -0.138. The van der Waals surface area contributed by atoms with E-state index in [1.165, 1.54) is 24.0 Å². The van der Waals surface area contributed by atoms with Gasteiger partial charge in [0.15, 0.2) is 0 Å². The van der Waals surface area contributed by atoms with Crippen molar-refractivity contribution in [2.75, 3.05) is 25.0 Å². The van der Waals surface area contributed by atoms with Gasteiger partial charge in [0.2, 0.25) is 5.91 Å². The highest BCUT2D eigenvalue weighted by Crippen LogP contribution is 2.33. The number of carbonyl (C=O) groups is 2. The highest BCUT2D eigenvalue weighted by molar-refractivity contribution is 5.92. The van der Waals surface area contributed by atoms with Crippen LogP contribution in [0, 0.1) is 12.8 Å². The van der Waals surface area contributed by atoms with Crippen LogP contribution in [0.4, 0.5) is 23.7 Å². The highest BCUT2D eigenvalue weighted by Gasteiger charge is 2.33. The average molecular weight is 358 g/mol. The zero-order valence-electron chi connectivity index (χ0n) is 14.2. The molecule has 0 spiro atoms. The molecule has 2 rings (SSSR count). The molecule has 25 heavy (non-hydrogen) atoms. The zero-order chi connectivity index (χ0) is 18.6.